The summed E-state index contributed by atoms with van der Waals surface area (Å²) in [6.07, 6.45) is 1.96. The molecule has 0 bridgehead atoms. The van der Waals surface area contributed by atoms with Crippen LogP contribution in [0.2, 0.25) is 5.02 Å². The van der Waals surface area contributed by atoms with Gasteiger partial charge in [-0.3, -0.25) is 14.4 Å². The summed E-state index contributed by atoms with van der Waals surface area (Å²) in [6.45, 7) is 0. The lowest BCUT2D eigenvalue weighted by Gasteiger charge is -2.09. The molecule has 0 radical (unpaired) electrons. The quantitative estimate of drug-likeness (QED) is 0.721. The van der Waals surface area contributed by atoms with Crippen molar-refractivity contribution in [3.63, 3.8) is 0 Å². The van der Waals surface area contributed by atoms with E-state index in [-0.39, 0.29) is 28.2 Å². The minimum Gasteiger partial charge on any atom is -0.451 e. The summed E-state index contributed by atoms with van der Waals surface area (Å²) >= 11 is 6.18. The van der Waals surface area contributed by atoms with E-state index in [1.54, 1.807) is 36.4 Å². The highest BCUT2D eigenvalue weighted by molar-refractivity contribution is 6.34. The number of benzene rings is 2. The molecule has 6 nitrogen and oxygen atoms in total. The molecule has 0 aliphatic heterocycles. The van der Waals surface area contributed by atoms with E-state index in [0.717, 1.165) is 18.9 Å². The van der Waals surface area contributed by atoms with Crippen LogP contribution < -0.4 is 16.1 Å². The van der Waals surface area contributed by atoms with Gasteiger partial charge < -0.3 is 15.1 Å². The van der Waals surface area contributed by atoms with Crippen molar-refractivity contribution in [1.82, 2.24) is 5.32 Å². The fourth-order valence-corrected chi connectivity index (χ4v) is 2.94. The first-order valence-electron chi connectivity index (χ1n) is 8.46. The molecule has 1 aliphatic carbocycles. The van der Waals surface area contributed by atoms with E-state index in [2.05, 4.69) is 10.6 Å². The third kappa shape index (κ3) is 3.71. The molecule has 2 amide bonds. The van der Waals surface area contributed by atoms with Crippen LogP contribution in [-0.4, -0.2) is 17.9 Å². The number of nitrogens with one attached hydrogen (secondary N) is 2. The number of hydrogen-bond donors (Lipinski definition) is 2. The Morgan fingerprint density at radius 3 is 2.56 bits per heavy atom. The maximum absolute atomic E-state index is 12.4. The maximum Gasteiger partial charge on any atom is 0.291 e. The average molecular weight is 383 g/mol. The van der Waals surface area contributed by atoms with Crippen LogP contribution >= 0.6 is 11.6 Å². The highest BCUT2D eigenvalue weighted by Gasteiger charge is 2.24. The van der Waals surface area contributed by atoms with Gasteiger partial charge in [-0.2, -0.15) is 0 Å². The number of amides is 2. The number of anilines is 1. The average Bonchev–Trinajstić information content (AvgIpc) is 3.45. The van der Waals surface area contributed by atoms with Crippen LogP contribution in [0.25, 0.3) is 11.0 Å². The highest BCUT2D eigenvalue weighted by atomic mass is 35.5. The van der Waals surface area contributed by atoms with Crippen LogP contribution in [0.1, 0.15) is 33.8 Å². The molecule has 3 aromatic rings. The summed E-state index contributed by atoms with van der Waals surface area (Å²) in [5.41, 5.74) is 0.773. The molecule has 0 unspecified atom stereocenters. The number of para-hydroxylation sites is 1. The largest absolute Gasteiger partial charge is 0.451 e. The van der Waals surface area contributed by atoms with Gasteiger partial charge in [-0.25, -0.2) is 0 Å². The zero-order valence-corrected chi connectivity index (χ0v) is 14.9. The predicted molar refractivity (Wildman–Crippen MR) is 102 cm³/mol. The summed E-state index contributed by atoms with van der Waals surface area (Å²) in [4.78, 5) is 36.6. The zero-order chi connectivity index (χ0) is 19.0. The van der Waals surface area contributed by atoms with Crippen LogP contribution in [-0.2, 0) is 0 Å². The van der Waals surface area contributed by atoms with Gasteiger partial charge in [0, 0.05) is 17.8 Å². The summed E-state index contributed by atoms with van der Waals surface area (Å²) in [6, 6.07) is 12.7. The standard InChI is InChI=1S/C20H15ClN2O4/c21-15-9-12(7-8-13(15)19(25)22-11-5-6-11)23-20(26)18-10-16(24)14-3-1-2-4-17(14)27-18/h1-4,7-11H,5-6H2,(H,22,25)(H,23,26). The van der Waals surface area contributed by atoms with E-state index in [1.165, 1.54) is 6.07 Å². The van der Waals surface area contributed by atoms with E-state index in [9.17, 15) is 14.4 Å². The van der Waals surface area contributed by atoms with Gasteiger partial charge in [-0.15, -0.1) is 0 Å². The summed E-state index contributed by atoms with van der Waals surface area (Å²) in [5, 5.41) is 6.12. The van der Waals surface area contributed by atoms with E-state index >= 15 is 0 Å². The van der Waals surface area contributed by atoms with Crippen molar-refractivity contribution in [3.05, 3.63) is 75.1 Å². The SMILES string of the molecule is O=C(Nc1ccc(C(=O)NC2CC2)c(Cl)c1)c1cc(=O)c2ccccc2o1. The Morgan fingerprint density at radius 1 is 1.04 bits per heavy atom. The van der Waals surface area contributed by atoms with Gasteiger partial charge in [-0.1, -0.05) is 23.7 Å². The summed E-state index contributed by atoms with van der Waals surface area (Å²) in [7, 11) is 0. The van der Waals surface area contributed by atoms with Gasteiger partial charge in [0.25, 0.3) is 11.8 Å². The Kier molecular flexibility index (Phi) is 4.41. The molecule has 1 saturated carbocycles. The van der Waals surface area contributed by atoms with E-state index in [1.807, 2.05) is 0 Å². The number of halogens is 1. The number of fused-ring (bicyclic) bond motifs is 1. The summed E-state index contributed by atoms with van der Waals surface area (Å²) in [5.74, 6) is -0.921. The second-order valence-corrected chi connectivity index (χ2v) is 6.77. The van der Waals surface area contributed by atoms with Gasteiger partial charge in [-0.05, 0) is 43.2 Å². The smallest absolute Gasteiger partial charge is 0.291 e. The number of hydrogen-bond acceptors (Lipinski definition) is 4. The third-order valence-corrected chi connectivity index (χ3v) is 4.56. The molecular formula is C20H15ClN2O4. The second-order valence-electron chi connectivity index (χ2n) is 6.37. The van der Waals surface area contributed by atoms with E-state index in [0.29, 0.717) is 22.2 Å². The molecule has 136 valence electrons. The molecule has 27 heavy (non-hydrogen) atoms. The molecule has 0 saturated heterocycles. The molecule has 1 aliphatic rings. The first-order chi connectivity index (χ1) is 13.0. The Bertz CT molecular complexity index is 1120. The topological polar surface area (TPSA) is 88.4 Å². The first kappa shape index (κ1) is 17.3. The van der Waals surface area contributed by atoms with Crippen molar-refractivity contribution in [2.24, 2.45) is 0 Å². The molecule has 1 aromatic heterocycles. The molecule has 7 heteroatoms. The Hall–Kier alpha value is -3.12. The van der Waals surface area contributed by atoms with Crippen molar-refractivity contribution < 1.29 is 14.0 Å². The monoisotopic (exact) mass is 382 g/mol. The van der Waals surface area contributed by atoms with Crippen LogP contribution in [0.4, 0.5) is 5.69 Å². The van der Waals surface area contributed by atoms with Gasteiger partial charge in [0.1, 0.15) is 5.58 Å². The van der Waals surface area contributed by atoms with Gasteiger partial charge >= 0.3 is 0 Å². The minimum atomic E-state index is -0.580. The molecule has 2 N–H and O–H groups in total. The van der Waals surface area contributed by atoms with Crippen LogP contribution in [0, 0.1) is 0 Å². The lowest BCUT2D eigenvalue weighted by Crippen LogP contribution is -2.25. The molecular weight excluding hydrogens is 368 g/mol. The van der Waals surface area contributed by atoms with E-state index < -0.39 is 5.91 Å². The second kappa shape index (κ2) is 6.89. The Balaban J connectivity index is 1.55. The predicted octanol–water partition coefficient (Wildman–Crippen LogP) is 3.59. The van der Waals surface area contributed by atoms with Crippen molar-refractivity contribution in [3.8, 4) is 0 Å². The molecule has 4 rings (SSSR count). The first-order valence-corrected chi connectivity index (χ1v) is 8.84. The molecule has 0 spiro atoms. The van der Waals surface area contributed by atoms with Crippen molar-refractivity contribution in [2.75, 3.05) is 5.32 Å². The van der Waals surface area contributed by atoms with Crippen LogP contribution in [0.3, 0.4) is 0 Å². The van der Waals surface area contributed by atoms with Crippen molar-refractivity contribution in [2.45, 2.75) is 18.9 Å². The molecule has 0 atom stereocenters. The summed E-state index contributed by atoms with van der Waals surface area (Å²) < 4.78 is 5.51. The number of rotatable bonds is 4. The zero-order valence-electron chi connectivity index (χ0n) is 14.1. The number of carbonyl (C=O) groups is 2. The van der Waals surface area contributed by atoms with E-state index in [4.69, 9.17) is 16.0 Å². The van der Waals surface area contributed by atoms with Crippen molar-refractivity contribution in [1.29, 1.82) is 0 Å². The van der Waals surface area contributed by atoms with Crippen molar-refractivity contribution >= 4 is 40.1 Å². The van der Waals surface area contributed by atoms with Crippen LogP contribution in [0.5, 0.6) is 0 Å². The maximum atomic E-state index is 12.4. The third-order valence-electron chi connectivity index (χ3n) is 4.24. The Morgan fingerprint density at radius 2 is 1.81 bits per heavy atom. The number of carbonyl (C=O) groups excluding carboxylic acids is 2. The molecule has 1 heterocycles. The highest BCUT2D eigenvalue weighted by Crippen LogP contribution is 2.24. The van der Waals surface area contributed by atoms with Gasteiger partial charge in [0.2, 0.25) is 0 Å². The molecule has 2 aromatic carbocycles. The lowest BCUT2D eigenvalue weighted by molar-refractivity contribution is 0.0950. The van der Waals surface area contributed by atoms with Gasteiger partial charge in [0.05, 0.1) is 16.0 Å². The fourth-order valence-electron chi connectivity index (χ4n) is 2.68. The Labute approximate surface area is 159 Å². The minimum absolute atomic E-state index is 0.106. The fraction of sp³-hybridized carbons (Fsp3) is 0.150. The lowest BCUT2D eigenvalue weighted by atomic mass is 10.2. The van der Waals surface area contributed by atoms with Crippen LogP contribution in [0.15, 0.2) is 57.7 Å². The molecule has 1 fully saturated rings. The normalized spacial score (nSPS) is 13.4. The van der Waals surface area contributed by atoms with Gasteiger partial charge in [0.15, 0.2) is 11.2 Å².